The Morgan fingerprint density at radius 1 is 1.14 bits per heavy atom. The molecule has 1 aliphatic rings. The van der Waals surface area contributed by atoms with Crippen LogP contribution in [0.1, 0.15) is 12.0 Å². The molecule has 1 heterocycles. The number of carbonyl (C=O) groups excluding carboxylic acids is 2. The second-order valence-corrected chi connectivity index (χ2v) is 8.43. The largest absolute Gasteiger partial charge is 0.325 e. The molecule has 0 bridgehead atoms. The standard InChI is InChI=1S/C21H17BrN2O2S2/c22-16-10-4-5-11-17(16)23-19(25)13-14-24-20(26)18(28-21(24)27)12-6-9-15-7-2-1-3-8-15/h1-12H,13-14H2,(H,23,25)/b9-6+,18-12-. The summed E-state index contributed by atoms with van der Waals surface area (Å²) in [7, 11) is 0. The fourth-order valence-corrected chi connectivity index (χ4v) is 4.15. The maximum Gasteiger partial charge on any atom is 0.266 e. The molecule has 0 aliphatic carbocycles. The molecule has 3 rings (SSSR count). The van der Waals surface area contributed by atoms with Gasteiger partial charge in [0, 0.05) is 17.4 Å². The zero-order valence-electron chi connectivity index (χ0n) is 14.8. The first-order valence-corrected chi connectivity index (χ1v) is 10.6. The topological polar surface area (TPSA) is 49.4 Å². The van der Waals surface area contributed by atoms with Crippen LogP contribution in [0, 0.1) is 0 Å². The summed E-state index contributed by atoms with van der Waals surface area (Å²) in [6.07, 6.45) is 5.69. The average molecular weight is 473 g/mol. The van der Waals surface area contributed by atoms with E-state index in [0.717, 1.165) is 10.0 Å². The molecule has 1 fully saturated rings. The van der Waals surface area contributed by atoms with Crippen LogP contribution in [0.3, 0.4) is 0 Å². The van der Waals surface area contributed by atoms with Gasteiger partial charge >= 0.3 is 0 Å². The molecule has 7 heteroatoms. The number of hydrogen-bond donors (Lipinski definition) is 1. The molecule has 28 heavy (non-hydrogen) atoms. The third-order valence-corrected chi connectivity index (χ3v) is 6.01. The minimum Gasteiger partial charge on any atom is -0.325 e. The van der Waals surface area contributed by atoms with Crippen molar-refractivity contribution in [1.82, 2.24) is 4.90 Å². The zero-order valence-corrected chi connectivity index (χ0v) is 18.0. The van der Waals surface area contributed by atoms with Crippen LogP contribution in [0.25, 0.3) is 6.08 Å². The Kier molecular flexibility index (Phi) is 7.19. The van der Waals surface area contributed by atoms with Crippen molar-refractivity contribution in [1.29, 1.82) is 0 Å². The second-order valence-electron chi connectivity index (χ2n) is 5.90. The van der Waals surface area contributed by atoms with Crippen molar-refractivity contribution in [2.24, 2.45) is 0 Å². The Morgan fingerprint density at radius 3 is 2.61 bits per heavy atom. The minimum absolute atomic E-state index is 0.165. The number of carbonyl (C=O) groups is 2. The third kappa shape index (κ3) is 5.41. The van der Waals surface area contributed by atoms with E-state index in [9.17, 15) is 9.59 Å². The van der Waals surface area contributed by atoms with Gasteiger partial charge in [0.2, 0.25) is 5.91 Å². The maximum atomic E-state index is 12.6. The van der Waals surface area contributed by atoms with E-state index in [-0.39, 0.29) is 24.8 Å². The maximum absolute atomic E-state index is 12.6. The van der Waals surface area contributed by atoms with Gasteiger partial charge in [0.15, 0.2) is 0 Å². The molecule has 0 saturated carbocycles. The first kappa shape index (κ1) is 20.5. The summed E-state index contributed by atoms with van der Waals surface area (Å²) >= 11 is 9.95. The van der Waals surface area contributed by atoms with Crippen LogP contribution in [-0.4, -0.2) is 27.6 Å². The smallest absolute Gasteiger partial charge is 0.266 e. The molecule has 2 aromatic carbocycles. The Balaban J connectivity index is 1.56. The Hall–Kier alpha value is -2.22. The SMILES string of the molecule is O=C(CCN1C(=O)/C(=C/C=C/c2ccccc2)SC1=S)Nc1ccccc1Br. The lowest BCUT2D eigenvalue weighted by Gasteiger charge is -2.14. The van der Waals surface area contributed by atoms with Gasteiger partial charge in [-0.2, -0.15) is 0 Å². The first-order chi connectivity index (χ1) is 13.5. The highest BCUT2D eigenvalue weighted by Crippen LogP contribution is 2.31. The van der Waals surface area contributed by atoms with E-state index < -0.39 is 0 Å². The van der Waals surface area contributed by atoms with Crippen molar-refractivity contribution in [3.05, 3.63) is 81.7 Å². The van der Waals surface area contributed by atoms with E-state index in [1.807, 2.05) is 66.7 Å². The predicted molar refractivity (Wildman–Crippen MR) is 123 cm³/mol. The minimum atomic E-state index is -0.172. The number of thioether (sulfide) groups is 1. The molecule has 0 radical (unpaired) electrons. The number of para-hydroxylation sites is 1. The number of hydrogen-bond acceptors (Lipinski definition) is 4. The number of nitrogens with one attached hydrogen (secondary N) is 1. The van der Waals surface area contributed by atoms with Crippen LogP contribution in [0.15, 0.2) is 76.1 Å². The van der Waals surface area contributed by atoms with Crippen molar-refractivity contribution in [2.45, 2.75) is 6.42 Å². The van der Waals surface area contributed by atoms with E-state index in [2.05, 4.69) is 21.2 Å². The number of thiocarbonyl (C=S) groups is 1. The molecule has 1 N–H and O–H groups in total. The monoisotopic (exact) mass is 472 g/mol. The number of allylic oxidation sites excluding steroid dienone is 2. The molecule has 0 spiro atoms. The molecule has 4 nitrogen and oxygen atoms in total. The summed E-state index contributed by atoms with van der Waals surface area (Å²) in [5.41, 5.74) is 1.75. The van der Waals surface area contributed by atoms with Crippen LogP contribution in [0.2, 0.25) is 0 Å². The van der Waals surface area contributed by atoms with Crippen molar-refractivity contribution in [2.75, 3.05) is 11.9 Å². The summed E-state index contributed by atoms with van der Waals surface area (Å²) in [4.78, 5) is 26.8. The van der Waals surface area contributed by atoms with Crippen molar-refractivity contribution in [3.8, 4) is 0 Å². The molecule has 0 aromatic heterocycles. The lowest BCUT2D eigenvalue weighted by atomic mass is 10.2. The van der Waals surface area contributed by atoms with Gasteiger partial charge in [0.05, 0.1) is 10.6 Å². The van der Waals surface area contributed by atoms with E-state index >= 15 is 0 Å². The number of halogens is 1. The van der Waals surface area contributed by atoms with Crippen molar-refractivity contribution < 1.29 is 9.59 Å². The highest BCUT2D eigenvalue weighted by molar-refractivity contribution is 9.10. The van der Waals surface area contributed by atoms with Crippen LogP contribution < -0.4 is 5.32 Å². The van der Waals surface area contributed by atoms with Crippen LogP contribution in [0.4, 0.5) is 5.69 Å². The van der Waals surface area contributed by atoms with E-state index in [0.29, 0.717) is 14.9 Å². The van der Waals surface area contributed by atoms with E-state index in [1.165, 1.54) is 16.7 Å². The summed E-state index contributed by atoms with van der Waals surface area (Å²) in [5, 5.41) is 2.83. The van der Waals surface area contributed by atoms with Gasteiger partial charge in [0.25, 0.3) is 5.91 Å². The molecule has 1 aliphatic heterocycles. The van der Waals surface area contributed by atoms with Gasteiger partial charge in [-0.1, -0.05) is 78.6 Å². The summed E-state index contributed by atoms with van der Waals surface area (Å²) < 4.78 is 1.28. The van der Waals surface area contributed by atoms with Crippen molar-refractivity contribution >= 4 is 67.8 Å². The molecule has 0 unspecified atom stereocenters. The fraction of sp³-hybridized carbons (Fsp3) is 0.0952. The van der Waals surface area contributed by atoms with Gasteiger partial charge in [-0.15, -0.1) is 0 Å². The summed E-state index contributed by atoms with van der Waals surface area (Å²) in [6.45, 7) is 0.251. The van der Waals surface area contributed by atoms with Gasteiger partial charge in [-0.25, -0.2) is 0 Å². The molecule has 1 saturated heterocycles. The quantitative estimate of drug-likeness (QED) is 0.461. The number of amides is 2. The highest BCUT2D eigenvalue weighted by atomic mass is 79.9. The van der Waals surface area contributed by atoms with Crippen molar-refractivity contribution in [3.63, 3.8) is 0 Å². The second kappa shape index (κ2) is 9.82. The number of benzene rings is 2. The third-order valence-electron chi connectivity index (χ3n) is 3.92. The van der Waals surface area contributed by atoms with Gasteiger partial charge in [-0.3, -0.25) is 14.5 Å². The van der Waals surface area contributed by atoms with E-state index in [1.54, 1.807) is 6.08 Å². The average Bonchev–Trinajstić information content (AvgIpc) is 2.96. The Labute approximate surface area is 181 Å². The lowest BCUT2D eigenvalue weighted by Crippen LogP contribution is -2.31. The van der Waals surface area contributed by atoms with Crippen LogP contribution >= 0.6 is 39.9 Å². The predicted octanol–water partition coefficient (Wildman–Crippen LogP) is 5.24. The van der Waals surface area contributed by atoms with Crippen LogP contribution in [0.5, 0.6) is 0 Å². The molecule has 2 aromatic rings. The number of anilines is 1. The van der Waals surface area contributed by atoms with Gasteiger partial charge in [0.1, 0.15) is 4.32 Å². The fourth-order valence-electron chi connectivity index (χ4n) is 2.51. The van der Waals surface area contributed by atoms with Crippen LogP contribution in [-0.2, 0) is 9.59 Å². The van der Waals surface area contributed by atoms with E-state index in [4.69, 9.17) is 12.2 Å². The molecular formula is C21H17BrN2O2S2. The lowest BCUT2D eigenvalue weighted by molar-refractivity contribution is -0.122. The molecular weight excluding hydrogens is 456 g/mol. The summed E-state index contributed by atoms with van der Waals surface area (Å²) in [6, 6.07) is 17.2. The molecule has 2 amide bonds. The Bertz CT molecular complexity index is 958. The van der Waals surface area contributed by atoms with Gasteiger partial charge < -0.3 is 5.32 Å². The molecule has 0 atom stereocenters. The first-order valence-electron chi connectivity index (χ1n) is 8.56. The normalized spacial score (nSPS) is 15.6. The number of rotatable bonds is 6. The Morgan fingerprint density at radius 2 is 1.86 bits per heavy atom. The number of nitrogens with zero attached hydrogens (tertiary/aromatic N) is 1. The zero-order chi connectivity index (χ0) is 19.9. The van der Waals surface area contributed by atoms with Gasteiger partial charge in [-0.05, 0) is 39.7 Å². The highest BCUT2D eigenvalue weighted by Gasteiger charge is 2.31. The molecule has 142 valence electrons. The summed E-state index contributed by atoms with van der Waals surface area (Å²) in [5.74, 6) is -0.338.